The molecule has 26 heavy (non-hydrogen) atoms. The van der Waals surface area contributed by atoms with E-state index >= 15 is 0 Å². The standard InChI is InChI=1S/C21H21N3O2/c1-3-17-11-12-23-20(15-17)24(4-2)21(25)10-5-6-13-26-19-9-7-8-18(14-19)16-22/h1,7-9,11-12,14-15H,4-6,10,13H2,2H3. The molecule has 2 rings (SSSR count). The lowest BCUT2D eigenvalue weighted by Crippen LogP contribution is -2.31. The first-order valence-electron chi connectivity index (χ1n) is 8.54. The number of amides is 1. The van der Waals surface area contributed by atoms with Crippen LogP contribution in [-0.2, 0) is 4.79 Å². The van der Waals surface area contributed by atoms with Gasteiger partial charge in [-0.15, -0.1) is 6.42 Å². The molecule has 0 saturated carbocycles. The fourth-order valence-electron chi connectivity index (χ4n) is 2.48. The zero-order valence-electron chi connectivity index (χ0n) is 14.8. The number of nitriles is 1. The third kappa shape index (κ3) is 5.36. The normalized spacial score (nSPS) is 9.81. The lowest BCUT2D eigenvalue weighted by atomic mass is 10.2. The number of anilines is 1. The first-order chi connectivity index (χ1) is 12.7. The van der Waals surface area contributed by atoms with Crippen molar-refractivity contribution in [2.75, 3.05) is 18.1 Å². The average Bonchev–Trinajstić information content (AvgIpc) is 2.68. The van der Waals surface area contributed by atoms with Gasteiger partial charge in [0, 0.05) is 24.7 Å². The number of benzene rings is 1. The second kappa shape index (κ2) is 9.86. The maximum atomic E-state index is 12.4. The number of pyridine rings is 1. The van der Waals surface area contributed by atoms with Crippen LogP contribution in [0.3, 0.4) is 0 Å². The third-order valence-corrected chi connectivity index (χ3v) is 3.82. The van der Waals surface area contributed by atoms with Gasteiger partial charge >= 0.3 is 0 Å². The molecule has 1 aromatic heterocycles. The Bertz CT molecular complexity index is 834. The van der Waals surface area contributed by atoms with Crippen LogP contribution in [0.4, 0.5) is 5.82 Å². The summed E-state index contributed by atoms with van der Waals surface area (Å²) in [7, 11) is 0. The van der Waals surface area contributed by atoms with Crippen molar-refractivity contribution in [1.29, 1.82) is 5.26 Å². The van der Waals surface area contributed by atoms with Gasteiger partial charge in [0.15, 0.2) is 0 Å². The van der Waals surface area contributed by atoms with Gasteiger partial charge in [0.2, 0.25) is 5.91 Å². The Labute approximate surface area is 154 Å². The molecule has 0 unspecified atom stereocenters. The average molecular weight is 347 g/mol. The van der Waals surface area contributed by atoms with Gasteiger partial charge in [0.05, 0.1) is 18.2 Å². The Kier molecular flexibility index (Phi) is 7.21. The molecule has 0 saturated heterocycles. The molecule has 1 aromatic carbocycles. The quantitative estimate of drug-likeness (QED) is 0.541. The van der Waals surface area contributed by atoms with Gasteiger partial charge in [-0.2, -0.15) is 5.26 Å². The first-order valence-corrected chi connectivity index (χ1v) is 8.54. The summed E-state index contributed by atoms with van der Waals surface area (Å²) < 4.78 is 5.62. The van der Waals surface area contributed by atoms with Crippen molar-refractivity contribution in [2.24, 2.45) is 0 Å². The number of unbranched alkanes of at least 4 members (excludes halogenated alkanes) is 1. The molecule has 0 spiro atoms. The molecule has 1 heterocycles. The van der Waals surface area contributed by atoms with Crippen LogP contribution < -0.4 is 9.64 Å². The van der Waals surface area contributed by atoms with Crippen LogP contribution in [0.15, 0.2) is 42.6 Å². The van der Waals surface area contributed by atoms with Crippen molar-refractivity contribution in [3.05, 3.63) is 53.7 Å². The number of hydrogen-bond donors (Lipinski definition) is 0. The van der Waals surface area contributed by atoms with Crippen molar-refractivity contribution >= 4 is 11.7 Å². The van der Waals surface area contributed by atoms with Gasteiger partial charge < -0.3 is 4.74 Å². The summed E-state index contributed by atoms with van der Waals surface area (Å²) in [4.78, 5) is 18.3. The summed E-state index contributed by atoms with van der Waals surface area (Å²) in [5.74, 6) is 3.82. The topological polar surface area (TPSA) is 66.2 Å². The van der Waals surface area contributed by atoms with Gasteiger partial charge in [-0.05, 0) is 50.1 Å². The molecule has 1 amide bonds. The zero-order chi connectivity index (χ0) is 18.8. The van der Waals surface area contributed by atoms with Crippen molar-refractivity contribution in [1.82, 2.24) is 4.98 Å². The number of hydrogen-bond acceptors (Lipinski definition) is 4. The number of nitrogens with zero attached hydrogens (tertiary/aromatic N) is 3. The van der Waals surface area contributed by atoms with Crippen LogP contribution in [0, 0.1) is 23.7 Å². The molecular formula is C21H21N3O2. The lowest BCUT2D eigenvalue weighted by Gasteiger charge is -2.20. The van der Waals surface area contributed by atoms with E-state index in [1.54, 1.807) is 41.4 Å². The van der Waals surface area contributed by atoms with Crippen LogP contribution in [0.2, 0.25) is 0 Å². The summed E-state index contributed by atoms with van der Waals surface area (Å²) in [5.41, 5.74) is 1.27. The van der Waals surface area contributed by atoms with Crippen LogP contribution >= 0.6 is 0 Å². The van der Waals surface area contributed by atoms with Gasteiger partial charge in [-0.3, -0.25) is 9.69 Å². The molecule has 0 radical (unpaired) electrons. The Morgan fingerprint density at radius 3 is 2.85 bits per heavy atom. The molecule has 5 nitrogen and oxygen atoms in total. The maximum absolute atomic E-state index is 12.4. The number of terminal acetylenes is 1. The lowest BCUT2D eigenvalue weighted by molar-refractivity contribution is -0.118. The van der Waals surface area contributed by atoms with E-state index in [4.69, 9.17) is 16.4 Å². The molecule has 132 valence electrons. The highest BCUT2D eigenvalue weighted by Gasteiger charge is 2.14. The predicted octanol–water partition coefficient (Wildman–Crippen LogP) is 3.54. The van der Waals surface area contributed by atoms with Crippen molar-refractivity contribution in [2.45, 2.75) is 26.2 Å². The third-order valence-electron chi connectivity index (χ3n) is 3.82. The number of rotatable bonds is 8. The van der Waals surface area contributed by atoms with E-state index in [0.717, 1.165) is 6.42 Å². The fourth-order valence-corrected chi connectivity index (χ4v) is 2.48. The number of aromatic nitrogens is 1. The van der Waals surface area contributed by atoms with Crippen LogP contribution in [0.1, 0.15) is 37.3 Å². The van der Waals surface area contributed by atoms with E-state index < -0.39 is 0 Å². The van der Waals surface area contributed by atoms with Crippen LogP contribution in [0.5, 0.6) is 5.75 Å². The minimum absolute atomic E-state index is 0.0145. The minimum Gasteiger partial charge on any atom is -0.494 e. The smallest absolute Gasteiger partial charge is 0.228 e. The largest absolute Gasteiger partial charge is 0.494 e. The molecular weight excluding hydrogens is 326 g/mol. The SMILES string of the molecule is C#Cc1ccnc(N(CC)C(=O)CCCCOc2cccc(C#N)c2)c1. The van der Waals surface area contributed by atoms with Crippen molar-refractivity contribution in [3.63, 3.8) is 0 Å². The number of carbonyl (C=O) groups excluding carboxylic acids is 1. The van der Waals surface area contributed by atoms with Gasteiger partial charge in [0.1, 0.15) is 11.6 Å². The molecule has 0 atom stereocenters. The van der Waals surface area contributed by atoms with Gasteiger partial charge in [0.25, 0.3) is 0 Å². The van der Waals surface area contributed by atoms with Crippen molar-refractivity contribution in [3.8, 4) is 24.2 Å². The monoisotopic (exact) mass is 347 g/mol. The summed E-state index contributed by atoms with van der Waals surface area (Å²) in [5, 5.41) is 8.87. The number of carbonyl (C=O) groups is 1. The highest BCUT2D eigenvalue weighted by Crippen LogP contribution is 2.15. The Morgan fingerprint density at radius 1 is 1.27 bits per heavy atom. The van der Waals surface area contributed by atoms with E-state index in [1.807, 2.05) is 13.0 Å². The second-order valence-corrected chi connectivity index (χ2v) is 5.63. The molecule has 0 fully saturated rings. The van der Waals surface area contributed by atoms with Crippen molar-refractivity contribution < 1.29 is 9.53 Å². The zero-order valence-corrected chi connectivity index (χ0v) is 14.8. The molecule has 0 bridgehead atoms. The van der Waals surface area contributed by atoms with E-state index in [9.17, 15) is 4.79 Å². The summed E-state index contributed by atoms with van der Waals surface area (Å²) in [6.45, 7) is 2.95. The van der Waals surface area contributed by atoms with Gasteiger partial charge in [-0.1, -0.05) is 12.0 Å². The van der Waals surface area contributed by atoms with E-state index in [0.29, 0.717) is 48.7 Å². The molecule has 5 heteroatoms. The summed E-state index contributed by atoms with van der Waals surface area (Å²) in [6.07, 6.45) is 8.89. The second-order valence-electron chi connectivity index (χ2n) is 5.63. The highest BCUT2D eigenvalue weighted by atomic mass is 16.5. The van der Waals surface area contributed by atoms with Gasteiger partial charge in [-0.25, -0.2) is 4.98 Å². The maximum Gasteiger partial charge on any atom is 0.228 e. The molecule has 2 aromatic rings. The highest BCUT2D eigenvalue weighted by molar-refractivity contribution is 5.92. The van der Waals surface area contributed by atoms with Crippen LogP contribution in [-0.4, -0.2) is 24.0 Å². The van der Waals surface area contributed by atoms with Crippen LogP contribution in [0.25, 0.3) is 0 Å². The fraction of sp³-hybridized carbons (Fsp3) is 0.286. The predicted molar refractivity (Wildman–Crippen MR) is 101 cm³/mol. The van der Waals surface area contributed by atoms with E-state index in [1.165, 1.54) is 0 Å². The Balaban J connectivity index is 1.80. The summed E-state index contributed by atoms with van der Waals surface area (Å²) in [6, 6.07) is 12.6. The minimum atomic E-state index is 0.0145. The molecule has 0 aliphatic carbocycles. The van der Waals surface area contributed by atoms with E-state index in [-0.39, 0.29) is 5.91 Å². The molecule has 0 aliphatic heterocycles. The number of ether oxygens (including phenoxy) is 1. The molecule has 0 N–H and O–H groups in total. The summed E-state index contributed by atoms with van der Waals surface area (Å²) >= 11 is 0. The molecule has 0 aliphatic rings. The van der Waals surface area contributed by atoms with E-state index in [2.05, 4.69) is 17.0 Å². The Hall–Kier alpha value is -3.31. The Morgan fingerprint density at radius 2 is 2.12 bits per heavy atom. The first kappa shape index (κ1) is 19.0.